The molecule has 1 rings (SSSR count). The van der Waals surface area contributed by atoms with Gasteiger partial charge in [-0.15, -0.1) is 0 Å². The first kappa shape index (κ1) is 11.6. The van der Waals surface area contributed by atoms with Gasteiger partial charge in [0.15, 0.2) is 0 Å². The van der Waals surface area contributed by atoms with Gasteiger partial charge in [0.05, 0.1) is 0 Å². The molecule has 0 fully saturated rings. The van der Waals surface area contributed by atoms with Crippen molar-refractivity contribution in [2.24, 2.45) is 0 Å². The van der Waals surface area contributed by atoms with Crippen LogP contribution in [-0.2, 0) is 0 Å². The molecular weight excluding hydrogens is 184 g/mol. The molecule has 0 amide bonds. The van der Waals surface area contributed by atoms with E-state index in [4.69, 9.17) is 0 Å². The smallest absolute Gasteiger partial charge is 0.136 e. The van der Waals surface area contributed by atoms with E-state index in [1.807, 2.05) is 51.1 Å². The summed E-state index contributed by atoms with van der Waals surface area (Å²) in [5.74, 6) is 5.77. The minimum atomic E-state index is -0.657. The van der Waals surface area contributed by atoms with Crippen LogP contribution in [0.25, 0.3) is 0 Å². The van der Waals surface area contributed by atoms with E-state index in [-0.39, 0.29) is 0 Å². The van der Waals surface area contributed by atoms with Crippen LogP contribution in [0.15, 0.2) is 41.5 Å². The number of benzene rings is 1. The zero-order valence-corrected chi connectivity index (χ0v) is 9.41. The summed E-state index contributed by atoms with van der Waals surface area (Å²) in [4.78, 5) is 0. The van der Waals surface area contributed by atoms with E-state index in [1.165, 1.54) is 0 Å². The van der Waals surface area contributed by atoms with Crippen LogP contribution in [-0.4, -0.2) is 11.2 Å². The zero-order valence-electron chi connectivity index (χ0n) is 9.41. The summed E-state index contributed by atoms with van der Waals surface area (Å²) in [6.07, 6.45) is -0.657. The summed E-state index contributed by atoms with van der Waals surface area (Å²) >= 11 is 0. The Labute approximate surface area is 91.5 Å². The second-order valence-electron chi connectivity index (χ2n) is 3.72. The molecule has 0 saturated carbocycles. The van der Waals surface area contributed by atoms with E-state index in [0.29, 0.717) is 0 Å². The fourth-order valence-corrected chi connectivity index (χ4v) is 1.05. The molecule has 1 aromatic carbocycles. The molecule has 0 bridgehead atoms. The molecule has 0 heterocycles. The van der Waals surface area contributed by atoms with Crippen LogP contribution in [0.1, 0.15) is 26.3 Å². The first-order valence-corrected chi connectivity index (χ1v) is 5.00. The lowest BCUT2D eigenvalue weighted by molar-refractivity contribution is 0.267. The highest BCUT2D eigenvalue weighted by Crippen LogP contribution is 2.07. The fraction of sp³-hybridized carbons (Fsp3) is 0.286. The fourth-order valence-electron chi connectivity index (χ4n) is 1.05. The van der Waals surface area contributed by atoms with E-state index in [2.05, 4.69) is 11.8 Å². The molecule has 0 saturated heterocycles. The van der Waals surface area contributed by atoms with Crippen molar-refractivity contribution in [2.45, 2.75) is 26.9 Å². The molecular formula is C14H16O. The molecule has 1 aromatic rings. The van der Waals surface area contributed by atoms with Gasteiger partial charge in [-0.3, -0.25) is 0 Å². The summed E-state index contributed by atoms with van der Waals surface area (Å²) in [5.41, 5.74) is 2.97. The maximum atomic E-state index is 9.72. The number of aliphatic hydroxyl groups excluding tert-OH is 1. The standard InChI is InChI=1S/C14H16O/c1-11(2)12(3)14(15)10-9-13-7-5-4-6-8-13/h4-8,14-15H,1-3H3. The van der Waals surface area contributed by atoms with Crippen LogP contribution in [0, 0.1) is 11.8 Å². The first-order valence-electron chi connectivity index (χ1n) is 5.00. The van der Waals surface area contributed by atoms with Gasteiger partial charge in [0.25, 0.3) is 0 Å². The Hall–Kier alpha value is -1.52. The minimum absolute atomic E-state index is 0.657. The molecule has 78 valence electrons. The van der Waals surface area contributed by atoms with Gasteiger partial charge < -0.3 is 5.11 Å². The summed E-state index contributed by atoms with van der Waals surface area (Å²) in [7, 11) is 0. The highest BCUT2D eigenvalue weighted by atomic mass is 16.3. The molecule has 1 N–H and O–H groups in total. The topological polar surface area (TPSA) is 20.2 Å². The third kappa shape index (κ3) is 3.61. The molecule has 0 radical (unpaired) electrons. The van der Waals surface area contributed by atoms with Gasteiger partial charge in [0, 0.05) is 5.56 Å². The Morgan fingerprint density at radius 1 is 1.13 bits per heavy atom. The summed E-state index contributed by atoms with van der Waals surface area (Å²) in [6.45, 7) is 5.85. The maximum absolute atomic E-state index is 9.72. The van der Waals surface area contributed by atoms with Gasteiger partial charge in [-0.2, -0.15) is 0 Å². The van der Waals surface area contributed by atoms with Gasteiger partial charge in [-0.05, 0) is 38.5 Å². The number of rotatable bonds is 1. The van der Waals surface area contributed by atoms with Crippen LogP contribution in [0.4, 0.5) is 0 Å². The predicted octanol–water partition coefficient (Wildman–Crippen LogP) is 2.76. The Morgan fingerprint density at radius 2 is 1.73 bits per heavy atom. The molecule has 0 aliphatic heterocycles. The van der Waals surface area contributed by atoms with Crippen LogP contribution >= 0.6 is 0 Å². The summed E-state index contributed by atoms with van der Waals surface area (Å²) in [6, 6.07) is 9.67. The zero-order chi connectivity index (χ0) is 11.3. The van der Waals surface area contributed by atoms with E-state index >= 15 is 0 Å². The largest absolute Gasteiger partial charge is 0.376 e. The first-order chi connectivity index (χ1) is 7.11. The van der Waals surface area contributed by atoms with Crippen molar-refractivity contribution in [1.29, 1.82) is 0 Å². The van der Waals surface area contributed by atoms with Crippen molar-refractivity contribution < 1.29 is 5.11 Å². The SMILES string of the molecule is CC(C)=C(C)C(O)C#Cc1ccccc1. The predicted molar refractivity (Wildman–Crippen MR) is 63.4 cm³/mol. The lowest BCUT2D eigenvalue weighted by atomic mass is 10.1. The van der Waals surface area contributed by atoms with Gasteiger partial charge >= 0.3 is 0 Å². The quantitative estimate of drug-likeness (QED) is 0.546. The third-order valence-electron chi connectivity index (χ3n) is 2.33. The monoisotopic (exact) mass is 200 g/mol. The van der Waals surface area contributed by atoms with Crippen molar-refractivity contribution in [3.8, 4) is 11.8 Å². The lowest BCUT2D eigenvalue weighted by Crippen LogP contribution is -2.05. The number of hydrogen-bond donors (Lipinski definition) is 1. The molecule has 0 aliphatic carbocycles. The van der Waals surface area contributed by atoms with Crippen molar-refractivity contribution in [3.05, 3.63) is 47.0 Å². The van der Waals surface area contributed by atoms with Crippen LogP contribution < -0.4 is 0 Å². The summed E-state index contributed by atoms with van der Waals surface area (Å²) < 4.78 is 0. The van der Waals surface area contributed by atoms with Crippen molar-refractivity contribution in [1.82, 2.24) is 0 Å². The second kappa shape index (κ2) is 5.38. The second-order valence-corrected chi connectivity index (χ2v) is 3.72. The normalized spacial score (nSPS) is 11.2. The van der Waals surface area contributed by atoms with Crippen molar-refractivity contribution in [3.63, 3.8) is 0 Å². The molecule has 1 atom stereocenters. The molecule has 15 heavy (non-hydrogen) atoms. The van der Waals surface area contributed by atoms with Crippen molar-refractivity contribution >= 4 is 0 Å². The summed E-state index contributed by atoms with van der Waals surface area (Å²) in [5, 5.41) is 9.72. The van der Waals surface area contributed by atoms with Crippen LogP contribution in [0.5, 0.6) is 0 Å². The highest BCUT2D eigenvalue weighted by Gasteiger charge is 2.02. The van der Waals surface area contributed by atoms with Gasteiger partial charge in [0.1, 0.15) is 6.10 Å². The number of allylic oxidation sites excluding steroid dienone is 1. The third-order valence-corrected chi connectivity index (χ3v) is 2.33. The van der Waals surface area contributed by atoms with Gasteiger partial charge in [-0.25, -0.2) is 0 Å². The maximum Gasteiger partial charge on any atom is 0.136 e. The van der Waals surface area contributed by atoms with Crippen LogP contribution in [0.3, 0.4) is 0 Å². The molecule has 1 heteroatoms. The van der Waals surface area contributed by atoms with E-state index < -0.39 is 6.10 Å². The molecule has 0 spiro atoms. The number of aliphatic hydroxyl groups is 1. The van der Waals surface area contributed by atoms with Gasteiger partial charge in [-0.1, -0.05) is 35.6 Å². The average Bonchev–Trinajstić information content (AvgIpc) is 2.26. The van der Waals surface area contributed by atoms with Crippen LogP contribution in [0.2, 0.25) is 0 Å². The number of hydrogen-bond acceptors (Lipinski definition) is 1. The van der Waals surface area contributed by atoms with Crippen molar-refractivity contribution in [2.75, 3.05) is 0 Å². The molecule has 1 nitrogen and oxygen atoms in total. The molecule has 1 unspecified atom stereocenters. The van der Waals surface area contributed by atoms with E-state index in [1.54, 1.807) is 0 Å². The average molecular weight is 200 g/mol. The van der Waals surface area contributed by atoms with E-state index in [0.717, 1.165) is 16.7 Å². The Balaban J connectivity index is 2.80. The Kier molecular flexibility index (Phi) is 4.15. The molecule has 0 aliphatic rings. The Morgan fingerprint density at radius 3 is 2.27 bits per heavy atom. The minimum Gasteiger partial charge on any atom is -0.376 e. The highest BCUT2D eigenvalue weighted by molar-refractivity contribution is 5.36. The van der Waals surface area contributed by atoms with Gasteiger partial charge in [0.2, 0.25) is 0 Å². The molecule has 0 aromatic heterocycles. The Bertz CT molecular complexity index is 400. The lowest BCUT2D eigenvalue weighted by Gasteiger charge is -2.05. The van der Waals surface area contributed by atoms with E-state index in [9.17, 15) is 5.11 Å².